The molecule has 0 saturated carbocycles. The zero-order valence-electron chi connectivity index (χ0n) is 9.77. The lowest BCUT2D eigenvalue weighted by Gasteiger charge is -2.16. The van der Waals surface area contributed by atoms with Crippen LogP contribution in [0.2, 0.25) is 0 Å². The summed E-state index contributed by atoms with van der Waals surface area (Å²) < 4.78 is 5.34. The molecule has 1 aromatic carbocycles. The van der Waals surface area contributed by atoms with Crippen molar-refractivity contribution in [2.45, 2.75) is 13.3 Å². The number of ether oxygens (including phenoxy) is 1. The molecule has 1 rings (SSSR count). The van der Waals surface area contributed by atoms with Crippen LogP contribution in [0.5, 0.6) is 5.75 Å². The van der Waals surface area contributed by atoms with E-state index in [1.54, 1.807) is 36.2 Å². The number of amides is 1. The summed E-state index contributed by atoms with van der Waals surface area (Å²) in [4.78, 5) is 13.2. The van der Waals surface area contributed by atoms with Gasteiger partial charge >= 0.3 is 0 Å². The van der Waals surface area contributed by atoms with Gasteiger partial charge in [0, 0.05) is 19.3 Å². The minimum atomic E-state index is -0.0151. The number of rotatable bonds is 5. The van der Waals surface area contributed by atoms with E-state index in [9.17, 15) is 4.79 Å². The fourth-order valence-electron chi connectivity index (χ4n) is 1.28. The normalized spacial score (nSPS) is 9.88. The fourth-order valence-corrected chi connectivity index (χ4v) is 1.28. The Morgan fingerprint density at radius 1 is 1.38 bits per heavy atom. The highest BCUT2D eigenvalue weighted by Gasteiger charge is 2.07. The number of likely N-dealkylation sites (N-methyl/N-ethyl adjacent to an activating group) is 1. The lowest BCUT2D eigenvalue weighted by Crippen LogP contribution is -2.31. The molecule has 0 aliphatic heterocycles. The van der Waals surface area contributed by atoms with Crippen molar-refractivity contribution >= 4 is 11.6 Å². The van der Waals surface area contributed by atoms with Crippen molar-refractivity contribution < 1.29 is 9.53 Å². The van der Waals surface area contributed by atoms with Crippen molar-refractivity contribution in [3.05, 3.63) is 24.3 Å². The van der Waals surface area contributed by atoms with Gasteiger partial charge in [0.25, 0.3) is 5.91 Å². The zero-order valence-corrected chi connectivity index (χ0v) is 9.77. The lowest BCUT2D eigenvalue weighted by atomic mass is 10.3. The van der Waals surface area contributed by atoms with Gasteiger partial charge in [-0.3, -0.25) is 4.79 Å². The maximum Gasteiger partial charge on any atom is 0.260 e. The van der Waals surface area contributed by atoms with Crippen LogP contribution in [-0.2, 0) is 4.79 Å². The van der Waals surface area contributed by atoms with Gasteiger partial charge in [-0.05, 0) is 30.7 Å². The molecule has 0 heterocycles. The van der Waals surface area contributed by atoms with Crippen molar-refractivity contribution in [3.63, 3.8) is 0 Å². The van der Waals surface area contributed by atoms with E-state index in [-0.39, 0.29) is 12.5 Å². The van der Waals surface area contributed by atoms with E-state index in [0.29, 0.717) is 11.4 Å². The Morgan fingerprint density at radius 3 is 2.56 bits per heavy atom. The Morgan fingerprint density at radius 2 is 2.00 bits per heavy atom. The highest BCUT2D eigenvalue weighted by molar-refractivity contribution is 5.77. The number of benzene rings is 1. The van der Waals surface area contributed by atoms with Gasteiger partial charge < -0.3 is 15.4 Å². The van der Waals surface area contributed by atoms with Gasteiger partial charge in [0.1, 0.15) is 5.75 Å². The third-order valence-electron chi connectivity index (χ3n) is 2.23. The van der Waals surface area contributed by atoms with E-state index in [4.69, 9.17) is 10.5 Å². The van der Waals surface area contributed by atoms with Crippen molar-refractivity contribution in [1.29, 1.82) is 0 Å². The molecule has 0 saturated heterocycles. The Bertz CT molecular complexity index is 335. The summed E-state index contributed by atoms with van der Waals surface area (Å²) >= 11 is 0. The summed E-state index contributed by atoms with van der Waals surface area (Å²) in [5, 5.41) is 0. The second-order valence-electron chi connectivity index (χ2n) is 3.67. The molecule has 0 fully saturated rings. The summed E-state index contributed by atoms with van der Waals surface area (Å²) in [5.41, 5.74) is 6.22. The Kier molecular flexibility index (Phi) is 4.64. The van der Waals surface area contributed by atoms with Crippen molar-refractivity contribution in [1.82, 2.24) is 4.90 Å². The number of carbonyl (C=O) groups is 1. The molecule has 0 bridgehead atoms. The summed E-state index contributed by atoms with van der Waals surface area (Å²) in [5.74, 6) is 0.645. The third-order valence-corrected chi connectivity index (χ3v) is 2.23. The Hall–Kier alpha value is -1.71. The number of nitrogens with two attached hydrogens (primary N) is 1. The van der Waals surface area contributed by atoms with Crippen molar-refractivity contribution in [3.8, 4) is 5.75 Å². The quantitative estimate of drug-likeness (QED) is 0.768. The predicted octanol–water partition coefficient (Wildman–Crippen LogP) is 1.52. The number of carbonyl (C=O) groups excluding carboxylic acids is 1. The third kappa shape index (κ3) is 3.81. The first kappa shape index (κ1) is 12.4. The SMILES string of the molecule is CCCN(C)C(=O)COc1ccc(N)cc1. The highest BCUT2D eigenvalue weighted by Crippen LogP contribution is 2.12. The van der Waals surface area contributed by atoms with Crippen LogP contribution in [-0.4, -0.2) is 31.0 Å². The molecular formula is C12H18N2O2. The van der Waals surface area contributed by atoms with Crippen LogP contribution >= 0.6 is 0 Å². The number of hydrogen-bond acceptors (Lipinski definition) is 3. The molecule has 0 aromatic heterocycles. The monoisotopic (exact) mass is 222 g/mol. The molecule has 0 atom stereocenters. The van der Waals surface area contributed by atoms with Gasteiger partial charge in [-0.25, -0.2) is 0 Å². The molecule has 4 heteroatoms. The van der Waals surface area contributed by atoms with Crippen LogP contribution in [0.25, 0.3) is 0 Å². The van der Waals surface area contributed by atoms with Crippen LogP contribution in [0.3, 0.4) is 0 Å². The minimum absolute atomic E-state index is 0.0151. The molecule has 0 unspecified atom stereocenters. The summed E-state index contributed by atoms with van der Waals surface area (Å²) in [7, 11) is 1.78. The second-order valence-corrected chi connectivity index (χ2v) is 3.67. The summed E-state index contributed by atoms with van der Waals surface area (Å²) in [6.45, 7) is 2.86. The lowest BCUT2D eigenvalue weighted by molar-refractivity contribution is -0.132. The van der Waals surface area contributed by atoms with Gasteiger partial charge in [-0.15, -0.1) is 0 Å². The maximum absolute atomic E-state index is 11.5. The van der Waals surface area contributed by atoms with Crippen LogP contribution in [0.4, 0.5) is 5.69 Å². The van der Waals surface area contributed by atoms with Gasteiger partial charge in [0.15, 0.2) is 6.61 Å². The molecule has 0 aliphatic carbocycles. The average Bonchev–Trinajstić information content (AvgIpc) is 2.28. The van der Waals surface area contributed by atoms with Gasteiger partial charge in [-0.1, -0.05) is 6.92 Å². The topological polar surface area (TPSA) is 55.6 Å². The first-order valence-corrected chi connectivity index (χ1v) is 5.35. The molecular weight excluding hydrogens is 204 g/mol. The summed E-state index contributed by atoms with van der Waals surface area (Å²) in [6.07, 6.45) is 0.949. The maximum atomic E-state index is 11.5. The largest absolute Gasteiger partial charge is 0.484 e. The Labute approximate surface area is 96.0 Å². The molecule has 2 N–H and O–H groups in total. The molecule has 0 aliphatic rings. The minimum Gasteiger partial charge on any atom is -0.484 e. The molecule has 0 radical (unpaired) electrons. The van der Waals surface area contributed by atoms with Gasteiger partial charge in [-0.2, -0.15) is 0 Å². The van der Waals surface area contributed by atoms with E-state index in [1.165, 1.54) is 0 Å². The molecule has 16 heavy (non-hydrogen) atoms. The number of anilines is 1. The Balaban J connectivity index is 2.39. The molecule has 0 spiro atoms. The van der Waals surface area contributed by atoms with Crippen molar-refractivity contribution in [2.75, 3.05) is 25.9 Å². The average molecular weight is 222 g/mol. The van der Waals surface area contributed by atoms with Crippen LogP contribution < -0.4 is 10.5 Å². The van der Waals surface area contributed by atoms with E-state index in [1.807, 2.05) is 6.92 Å². The van der Waals surface area contributed by atoms with E-state index < -0.39 is 0 Å². The highest BCUT2D eigenvalue weighted by atomic mass is 16.5. The number of nitrogen functional groups attached to an aromatic ring is 1. The number of nitrogens with zero attached hydrogens (tertiary/aromatic N) is 1. The molecule has 1 aromatic rings. The predicted molar refractivity (Wildman–Crippen MR) is 64.3 cm³/mol. The van der Waals surface area contributed by atoms with E-state index in [0.717, 1.165) is 13.0 Å². The smallest absolute Gasteiger partial charge is 0.260 e. The van der Waals surface area contributed by atoms with Crippen molar-refractivity contribution in [2.24, 2.45) is 0 Å². The van der Waals surface area contributed by atoms with Crippen LogP contribution in [0, 0.1) is 0 Å². The first-order valence-electron chi connectivity index (χ1n) is 5.35. The molecule has 88 valence electrons. The summed E-state index contributed by atoms with van der Waals surface area (Å²) in [6, 6.07) is 7.00. The number of hydrogen-bond donors (Lipinski definition) is 1. The van der Waals surface area contributed by atoms with Crippen LogP contribution in [0.15, 0.2) is 24.3 Å². The van der Waals surface area contributed by atoms with Gasteiger partial charge in [0.2, 0.25) is 0 Å². The molecule has 1 amide bonds. The van der Waals surface area contributed by atoms with E-state index in [2.05, 4.69) is 0 Å². The fraction of sp³-hybridized carbons (Fsp3) is 0.417. The van der Waals surface area contributed by atoms with Gasteiger partial charge in [0.05, 0.1) is 0 Å². The standard InChI is InChI=1S/C12H18N2O2/c1-3-8-14(2)12(15)9-16-11-6-4-10(13)5-7-11/h4-7H,3,8-9,13H2,1-2H3. The first-order chi connectivity index (χ1) is 7.63. The molecule has 4 nitrogen and oxygen atoms in total. The zero-order chi connectivity index (χ0) is 12.0. The van der Waals surface area contributed by atoms with E-state index >= 15 is 0 Å². The second kappa shape index (κ2) is 6.00. The van der Waals surface area contributed by atoms with Crippen LogP contribution in [0.1, 0.15) is 13.3 Å².